The fourth-order valence-corrected chi connectivity index (χ4v) is 1.54. The maximum atomic E-state index is 12.1. The van der Waals surface area contributed by atoms with Gasteiger partial charge in [0.2, 0.25) is 0 Å². The van der Waals surface area contributed by atoms with Crippen molar-refractivity contribution in [2.45, 2.75) is 20.3 Å². The molecule has 0 radical (unpaired) electrons. The summed E-state index contributed by atoms with van der Waals surface area (Å²) in [6.07, 6.45) is -0.686. The van der Waals surface area contributed by atoms with Crippen LogP contribution in [0.3, 0.4) is 0 Å². The Morgan fingerprint density at radius 1 is 1.38 bits per heavy atom. The van der Waals surface area contributed by atoms with E-state index < -0.39 is 18.2 Å². The highest BCUT2D eigenvalue weighted by Gasteiger charge is 2.17. The lowest BCUT2D eigenvalue weighted by Gasteiger charge is -2.02. The molecule has 2 aromatic rings. The van der Waals surface area contributed by atoms with Crippen LogP contribution in [0, 0.1) is 0 Å². The topological polar surface area (TPSA) is 116 Å². The Morgan fingerprint density at radius 2 is 2.00 bits per heavy atom. The summed E-state index contributed by atoms with van der Waals surface area (Å²) >= 11 is 0. The summed E-state index contributed by atoms with van der Waals surface area (Å²) < 4.78 is 25.4. The first-order chi connectivity index (χ1) is 9.90. The SMILES string of the molecule is CC.NC(=O)c1cnn2cc(NC(=O)C(F)F)cc2c1N. The summed E-state index contributed by atoms with van der Waals surface area (Å²) in [7, 11) is 0. The maximum Gasteiger partial charge on any atom is 0.315 e. The van der Waals surface area contributed by atoms with E-state index in [1.807, 2.05) is 19.2 Å². The molecule has 9 heteroatoms. The zero-order valence-electron chi connectivity index (χ0n) is 11.4. The van der Waals surface area contributed by atoms with Gasteiger partial charge in [0.15, 0.2) is 0 Å². The largest absolute Gasteiger partial charge is 0.396 e. The summed E-state index contributed by atoms with van der Waals surface area (Å²) in [6.45, 7) is 4.00. The summed E-state index contributed by atoms with van der Waals surface area (Å²) in [5.74, 6) is -2.20. The van der Waals surface area contributed by atoms with E-state index in [1.54, 1.807) is 0 Å². The van der Waals surface area contributed by atoms with Crippen molar-refractivity contribution in [3.63, 3.8) is 0 Å². The predicted molar refractivity (Wildman–Crippen MR) is 74.1 cm³/mol. The minimum Gasteiger partial charge on any atom is -0.396 e. The number of amides is 2. The molecule has 0 spiro atoms. The van der Waals surface area contributed by atoms with Gasteiger partial charge < -0.3 is 16.8 Å². The van der Waals surface area contributed by atoms with Gasteiger partial charge in [-0.2, -0.15) is 13.9 Å². The van der Waals surface area contributed by atoms with Crippen molar-refractivity contribution in [2.75, 3.05) is 11.1 Å². The van der Waals surface area contributed by atoms with Crippen molar-refractivity contribution < 1.29 is 18.4 Å². The molecule has 5 N–H and O–H groups in total. The second-order valence-corrected chi connectivity index (χ2v) is 3.68. The van der Waals surface area contributed by atoms with Crippen LogP contribution in [0.4, 0.5) is 20.2 Å². The van der Waals surface area contributed by atoms with Crippen LogP contribution < -0.4 is 16.8 Å². The average Bonchev–Trinajstić information content (AvgIpc) is 2.84. The third-order valence-corrected chi connectivity index (χ3v) is 2.41. The van der Waals surface area contributed by atoms with E-state index in [1.165, 1.54) is 16.8 Å². The molecule has 0 saturated heterocycles. The van der Waals surface area contributed by atoms with Crippen molar-refractivity contribution in [3.05, 3.63) is 24.0 Å². The first-order valence-electron chi connectivity index (χ1n) is 6.06. The molecule has 0 aliphatic carbocycles. The molecule has 0 unspecified atom stereocenters. The third-order valence-electron chi connectivity index (χ3n) is 2.41. The molecule has 0 atom stereocenters. The molecule has 0 saturated carbocycles. The number of nitrogens with one attached hydrogen (secondary N) is 1. The lowest BCUT2D eigenvalue weighted by molar-refractivity contribution is -0.126. The summed E-state index contributed by atoms with van der Waals surface area (Å²) in [5.41, 5.74) is 11.2. The van der Waals surface area contributed by atoms with Gasteiger partial charge in [-0.25, -0.2) is 4.52 Å². The normalized spacial score (nSPS) is 10.1. The number of halogens is 2. The van der Waals surface area contributed by atoms with E-state index in [0.717, 1.165) is 6.20 Å². The van der Waals surface area contributed by atoms with Gasteiger partial charge in [-0.3, -0.25) is 9.59 Å². The number of nitrogens with zero attached hydrogens (tertiary/aromatic N) is 2. The highest BCUT2D eigenvalue weighted by molar-refractivity contribution is 6.02. The van der Waals surface area contributed by atoms with E-state index in [-0.39, 0.29) is 22.5 Å². The third kappa shape index (κ3) is 3.44. The van der Waals surface area contributed by atoms with Crippen LogP contribution in [-0.2, 0) is 4.79 Å². The number of fused-ring (bicyclic) bond motifs is 1. The lowest BCUT2D eigenvalue weighted by atomic mass is 10.2. The van der Waals surface area contributed by atoms with Gasteiger partial charge in [0.25, 0.3) is 11.8 Å². The minimum absolute atomic E-state index is 0.0114. The van der Waals surface area contributed by atoms with Crippen molar-refractivity contribution in [2.24, 2.45) is 5.73 Å². The van der Waals surface area contributed by atoms with Crippen LogP contribution in [0.1, 0.15) is 24.2 Å². The molecule has 0 aromatic carbocycles. The van der Waals surface area contributed by atoms with Gasteiger partial charge in [0.05, 0.1) is 34.8 Å². The van der Waals surface area contributed by atoms with Gasteiger partial charge in [0, 0.05) is 0 Å². The number of primary amides is 1. The van der Waals surface area contributed by atoms with Crippen LogP contribution >= 0.6 is 0 Å². The average molecular weight is 299 g/mol. The van der Waals surface area contributed by atoms with Gasteiger partial charge in [-0.1, -0.05) is 13.8 Å². The Bertz CT molecular complexity index is 669. The number of aromatic nitrogens is 2. The van der Waals surface area contributed by atoms with Gasteiger partial charge in [-0.15, -0.1) is 0 Å². The number of nitrogen functional groups attached to an aromatic ring is 1. The molecule has 2 heterocycles. The number of anilines is 2. The van der Waals surface area contributed by atoms with Crippen molar-refractivity contribution in [3.8, 4) is 0 Å². The standard InChI is InChI=1S/C10H9F2N5O2.C2H6/c11-8(12)10(19)16-4-1-6-7(13)5(9(14)18)2-15-17(6)3-4;1-2/h1-3,8H,13H2,(H2,14,18)(H,16,19);1-2H3. The Morgan fingerprint density at radius 3 is 2.52 bits per heavy atom. The highest BCUT2D eigenvalue weighted by atomic mass is 19.3. The van der Waals surface area contributed by atoms with E-state index >= 15 is 0 Å². The monoisotopic (exact) mass is 299 g/mol. The predicted octanol–water partition coefficient (Wildman–Crippen LogP) is 1.25. The van der Waals surface area contributed by atoms with Gasteiger partial charge >= 0.3 is 6.43 Å². The molecular formula is C12H15F2N5O2. The molecule has 114 valence electrons. The van der Waals surface area contributed by atoms with Crippen molar-refractivity contribution in [1.29, 1.82) is 0 Å². The van der Waals surface area contributed by atoms with E-state index in [0.29, 0.717) is 0 Å². The number of carbonyl (C=O) groups is 2. The quantitative estimate of drug-likeness (QED) is 0.790. The highest BCUT2D eigenvalue weighted by Crippen LogP contribution is 2.22. The summed E-state index contributed by atoms with van der Waals surface area (Å²) in [6, 6.07) is 1.31. The number of alkyl halides is 2. The Kier molecular flexibility index (Phi) is 5.17. The molecule has 0 aliphatic heterocycles. The van der Waals surface area contributed by atoms with Gasteiger partial charge in [-0.05, 0) is 6.07 Å². The Hall–Kier alpha value is -2.71. The molecule has 2 aromatic heterocycles. The number of rotatable bonds is 3. The molecular weight excluding hydrogens is 284 g/mol. The van der Waals surface area contributed by atoms with E-state index in [4.69, 9.17) is 11.5 Å². The molecule has 2 amide bonds. The van der Waals surface area contributed by atoms with Crippen molar-refractivity contribution in [1.82, 2.24) is 9.61 Å². The van der Waals surface area contributed by atoms with Crippen LogP contribution in [-0.4, -0.2) is 27.9 Å². The van der Waals surface area contributed by atoms with Crippen molar-refractivity contribution >= 4 is 28.7 Å². The molecule has 0 fully saturated rings. The number of nitrogens with two attached hydrogens (primary N) is 2. The molecule has 7 nitrogen and oxygen atoms in total. The fraction of sp³-hybridized carbons (Fsp3) is 0.250. The number of carbonyl (C=O) groups excluding carboxylic acids is 2. The van der Waals surface area contributed by atoms with Crippen LogP contribution in [0.15, 0.2) is 18.5 Å². The van der Waals surface area contributed by atoms with Crippen LogP contribution in [0.25, 0.3) is 5.52 Å². The lowest BCUT2D eigenvalue weighted by Crippen LogP contribution is -2.19. The second kappa shape index (κ2) is 6.64. The zero-order valence-corrected chi connectivity index (χ0v) is 11.4. The second-order valence-electron chi connectivity index (χ2n) is 3.68. The molecule has 0 bridgehead atoms. The number of hydrogen-bond acceptors (Lipinski definition) is 4. The first kappa shape index (κ1) is 16.3. The van der Waals surface area contributed by atoms with Gasteiger partial charge in [0.1, 0.15) is 0 Å². The van der Waals surface area contributed by atoms with Crippen LogP contribution in [0.5, 0.6) is 0 Å². The summed E-state index contributed by atoms with van der Waals surface area (Å²) in [5, 5.41) is 5.82. The fourth-order valence-electron chi connectivity index (χ4n) is 1.54. The van der Waals surface area contributed by atoms with E-state index in [9.17, 15) is 18.4 Å². The smallest absolute Gasteiger partial charge is 0.315 e. The van der Waals surface area contributed by atoms with E-state index in [2.05, 4.69) is 5.10 Å². The Balaban J connectivity index is 0.00000106. The minimum atomic E-state index is -3.13. The maximum absolute atomic E-state index is 12.1. The zero-order chi connectivity index (χ0) is 16.2. The molecule has 0 aliphatic rings. The van der Waals surface area contributed by atoms with Crippen LogP contribution in [0.2, 0.25) is 0 Å². The molecule has 2 rings (SSSR count). The Labute approximate surface area is 118 Å². The molecule has 21 heavy (non-hydrogen) atoms. The number of hydrogen-bond donors (Lipinski definition) is 3. The summed E-state index contributed by atoms with van der Waals surface area (Å²) in [4.78, 5) is 21.9. The first-order valence-corrected chi connectivity index (χ1v) is 6.06.